The van der Waals surface area contributed by atoms with Gasteiger partial charge in [0, 0.05) is 43.4 Å². The van der Waals surface area contributed by atoms with Crippen molar-refractivity contribution in [2.24, 2.45) is 0 Å². The normalized spacial score (nSPS) is 14.5. The van der Waals surface area contributed by atoms with E-state index in [9.17, 15) is 14.9 Å². The molecule has 7 nitrogen and oxygen atoms in total. The number of nitrogens with zero attached hydrogens (tertiary/aromatic N) is 4. The van der Waals surface area contributed by atoms with Crippen molar-refractivity contribution in [2.45, 2.75) is 13.8 Å². The summed E-state index contributed by atoms with van der Waals surface area (Å²) in [5.74, 6) is -0.152. The molecule has 0 radical (unpaired) electrons. The van der Waals surface area contributed by atoms with Gasteiger partial charge in [-0.15, -0.1) is 0 Å². The Labute approximate surface area is 166 Å². The summed E-state index contributed by atoms with van der Waals surface area (Å²) in [7, 11) is 0. The summed E-state index contributed by atoms with van der Waals surface area (Å²) in [6.45, 7) is 6.22. The minimum Gasteiger partial charge on any atom is -0.345 e. The number of benzene rings is 2. The smallest absolute Gasteiger partial charge is 0.273 e. The van der Waals surface area contributed by atoms with Crippen molar-refractivity contribution in [3.63, 3.8) is 0 Å². The Bertz CT molecular complexity index is 1070. The number of nitro benzene ring substituents is 1. The molecule has 1 aliphatic heterocycles. The Morgan fingerprint density at radius 1 is 1.14 bits per heavy atom. The van der Waals surface area contributed by atoms with E-state index in [1.54, 1.807) is 35.3 Å². The molecule has 144 valence electrons. The number of carbonyl (C=O) groups excluding carboxylic acids is 1. The van der Waals surface area contributed by atoms with Gasteiger partial charge in [0.1, 0.15) is 0 Å². The quantitative estimate of drug-likeness (QED) is 0.497. The van der Waals surface area contributed by atoms with Crippen LogP contribution in [0.1, 0.15) is 21.5 Å². The monoisotopic (exact) mass is 396 g/mol. The molecule has 1 aliphatic rings. The summed E-state index contributed by atoms with van der Waals surface area (Å²) in [6.07, 6.45) is 0. The van der Waals surface area contributed by atoms with Gasteiger partial charge in [-0.25, -0.2) is 4.98 Å². The van der Waals surface area contributed by atoms with Crippen LogP contribution in [0, 0.1) is 24.0 Å². The van der Waals surface area contributed by atoms with Gasteiger partial charge in [0.25, 0.3) is 11.6 Å². The molecule has 3 aromatic rings. The van der Waals surface area contributed by atoms with Crippen molar-refractivity contribution in [1.29, 1.82) is 0 Å². The molecule has 8 heteroatoms. The zero-order chi connectivity index (χ0) is 19.8. The fourth-order valence-electron chi connectivity index (χ4n) is 3.48. The lowest BCUT2D eigenvalue weighted by molar-refractivity contribution is -0.385. The maximum atomic E-state index is 12.9. The van der Waals surface area contributed by atoms with Gasteiger partial charge in [0.15, 0.2) is 5.13 Å². The maximum Gasteiger partial charge on any atom is 0.273 e. The van der Waals surface area contributed by atoms with Crippen molar-refractivity contribution >= 4 is 38.3 Å². The highest BCUT2D eigenvalue weighted by Crippen LogP contribution is 2.30. The second-order valence-electron chi connectivity index (χ2n) is 6.95. The molecule has 4 rings (SSSR count). The molecule has 2 aromatic carbocycles. The van der Waals surface area contributed by atoms with Crippen LogP contribution in [-0.2, 0) is 0 Å². The Morgan fingerprint density at radius 2 is 1.89 bits per heavy atom. The SMILES string of the molecule is Cc1ccc2nc(N3CCN(C(=O)c4cccc([N+](=O)[O-])c4C)CC3)sc2c1. The van der Waals surface area contributed by atoms with Gasteiger partial charge in [0.2, 0.25) is 0 Å². The average Bonchev–Trinajstić information content (AvgIpc) is 3.10. The van der Waals surface area contributed by atoms with Crippen LogP contribution < -0.4 is 4.90 Å². The van der Waals surface area contributed by atoms with Crippen LogP contribution >= 0.6 is 11.3 Å². The van der Waals surface area contributed by atoms with E-state index >= 15 is 0 Å². The van der Waals surface area contributed by atoms with E-state index in [2.05, 4.69) is 24.0 Å². The summed E-state index contributed by atoms with van der Waals surface area (Å²) < 4.78 is 1.17. The molecule has 1 saturated heterocycles. The first kappa shape index (κ1) is 18.4. The molecule has 1 fully saturated rings. The van der Waals surface area contributed by atoms with Gasteiger partial charge in [-0.2, -0.15) is 0 Å². The van der Waals surface area contributed by atoms with Gasteiger partial charge >= 0.3 is 0 Å². The first-order valence-corrected chi connectivity index (χ1v) is 9.91. The van der Waals surface area contributed by atoms with Gasteiger partial charge in [-0.05, 0) is 37.6 Å². The Hall–Kier alpha value is -3.00. The molecule has 0 atom stereocenters. The van der Waals surface area contributed by atoms with Crippen LogP contribution in [-0.4, -0.2) is 46.9 Å². The van der Waals surface area contributed by atoms with Gasteiger partial charge in [0.05, 0.1) is 15.1 Å². The lowest BCUT2D eigenvalue weighted by atomic mass is 10.1. The maximum absolute atomic E-state index is 12.9. The second-order valence-corrected chi connectivity index (χ2v) is 7.96. The number of amides is 1. The van der Waals surface area contributed by atoms with E-state index in [0.29, 0.717) is 37.3 Å². The third kappa shape index (κ3) is 3.31. The van der Waals surface area contributed by atoms with Crippen LogP contribution in [0.4, 0.5) is 10.8 Å². The zero-order valence-corrected chi connectivity index (χ0v) is 16.5. The molecular weight excluding hydrogens is 376 g/mol. The lowest BCUT2D eigenvalue weighted by Gasteiger charge is -2.34. The zero-order valence-electron chi connectivity index (χ0n) is 15.7. The number of anilines is 1. The Kier molecular flexibility index (Phi) is 4.72. The van der Waals surface area contributed by atoms with Crippen molar-refractivity contribution in [1.82, 2.24) is 9.88 Å². The minimum atomic E-state index is -0.446. The number of piperazine rings is 1. The fourth-order valence-corrected chi connectivity index (χ4v) is 4.59. The predicted molar refractivity (Wildman–Crippen MR) is 110 cm³/mol. The van der Waals surface area contributed by atoms with Crippen LogP contribution in [0.3, 0.4) is 0 Å². The molecule has 1 aromatic heterocycles. The van der Waals surface area contributed by atoms with E-state index in [1.165, 1.54) is 16.3 Å². The summed E-state index contributed by atoms with van der Waals surface area (Å²) in [4.78, 5) is 32.3. The third-order valence-electron chi connectivity index (χ3n) is 5.10. The second kappa shape index (κ2) is 7.20. The highest BCUT2D eigenvalue weighted by atomic mass is 32.1. The summed E-state index contributed by atoms with van der Waals surface area (Å²) >= 11 is 1.67. The number of fused-ring (bicyclic) bond motifs is 1. The molecule has 0 spiro atoms. The van der Waals surface area contributed by atoms with Gasteiger partial charge in [-0.3, -0.25) is 14.9 Å². The van der Waals surface area contributed by atoms with Crippen molar-refractivity contribution in [3.8, 4) is 0 Å². The van der Waals surface area contributed by atoms with Gasteiger partial charge < -0.3 is 9.80 Å². The Morgan fingerprint density at radius 3 is 2.61 bits per heavy atom. The number of hydrogen-bond donors (Lipinski definition) is 0. The highest BCUT2D eigenvalue weighted by Gasteiger charge is 2.26. The number of hydrogen-bond acceptors (Lipinski definition) is 6. The molecule has 0 N–H and O–H groups in total. The predicted octanol–water partition coefficient (Wildman–Crippen LogP) is 3.78. The molecule has 28 heavy (non-hydrogen) atoms. The molecule has 2 heterocycles. The Balaban J connectivity index is 1.48. The third-order valence-corrected chi connectivity index (χ3v) is 6.18. The number of aromatic nitrogens is 1. The fraction of sp³-hybridized carbons (Fsp3) is 0.300. The van der Waals surface area contributed by atoms with Crippen molar-refractivity contribution in [3.05, 3.63) is 63.2 Å². The largest absolute Gasteiger partial charge is 0.345 e. The van der Waals surface area contributed by atoms with E-state index in [0.717, 1.165) is 10.6 Å². The molecular formula is C20H20N4O3S. The van der Waals surface area contributed by atoms with Crippen LogP contribution in [0.2, 0.25) is 0 Å². The first-order chi connectivity index (χ1) is 13.4. The number of aryl methyl sites for hydroxylation is 1. The summed E-state index contributed by atoms with van der Waals surface area (Å²) in [5.41, 5.74) is 3.01. The van der Waals surface area contributed by atoms with Gasteiger partial charge in [-0.1, -0.05) is 23.5 Å². The standard InChI is InChI=1S/C20H20N4O3S/c1-13-6-7-16-18(12-13)28-20(21-16)23-10-8-22(9-11-23)19(25)15-4-3-5-17(14(15)2)24(26)27/h3-7,12H,8-11H2,1-2H3. The summed E-state index contributed by atoms with van der Waals surface area (Å²) in [5, 5.41) is 12.1. The molecule has 0 bridgehead atoms. The highest BCUT2D eigenvalue weighted by molar-refractivity contribution is 7.22. The summed E-state index contributed by atoms with van der Waals surface area (Å²) in [6, 6.07) is 10.9. The molecule has 1 amide bonds. The van der Waals surface area contributed by atoms with E-state index < -0.39 is 4.92 Å². The number of carbonyl (C=O) groups is 1. The van der Waals surface area contributed by atoms with E-state index in [-0.39, 0.29) is 11.6 Å². The van der Waals surface area contributed by atoms with Crippen LogP contribution in [0.15, 0.2) is 36.4 Å². The topological polar surface area (TPSA) is 79.6 Å². The van der Waals surface area contributed by atoms with E-state index in [1.807, 2.05) is 6.07 Å². The first-order valence-electron chi connectivity index (χ1n) is 9.09. The van der Waals surface area contributed by atoms with Crippen molar-refractivity contribution in [2.75, 3.05) is 31.1 Å². The minimum absolute atomic E-state index is 0.0192. The molecule has 0 aliphatic carbocycles. The van der Waals surface area contributed by atoms with Crippen LogP contribution in [0.5, 0.6) is 0 Å². The number of thiazole rings is 1. The van der Waals surface area contributed by atoms with Crippen molar-refractivity contribution < 1.29 is 9.72 Å². The average molecular weight is 396 g/mol. The van der Waals surface area contributed by atoms with E-state index in [4.69, 9.17) is 4.98 Å². The molecule has 0 saturated carbocycles. The number of nitro groups is 1. The molecule has 0 unspecified atom stereocenters. The number of rotatable bonds is 3. The lowest BCUT2D eigenvalue weighted by Crippen LogP contribution is -2.48. The van der Waals surface area contributed by atoms with Crippen LogP contribution in [0.25, 0.3) is 10.2 Å².